The van der Waals surface area contributed by atoms with Gasteiger partial charge in [-0.15, -0.1) is 0 Å². The summed E-state index contributed by atoms with van der Waals surface area (Å²) in [5.74, 6) is -1.90. The molecule has 0 aromatic heterocycles. The van der Waals surface area contributed by atoms with Crippen LogP contribution in [0.25, 0.3) is 0 Å². The first kappa shape index (κ1) is 21.8. The maximum atomic E-state index is 13.2. The van der Waals surface area contributed by atoms with Gasteiger partial charge in [0.15, 0.2) is 0 Å². The lowest BCUT2D eigenvalue weighted by Gasteiger charge is -2.24. The number of aliphatic carboxylic acids is 1. The zero-order chi connectivity index (χ0) is 22.1. The highest BCUT2D eigenvalue weighted by Crippen LogP contribution is 2.22. The van der Waals surface area contributed by atoms with Crippen LogP contribution < -0.4 is 10.6 Å². The summed E-state index contributed by atoms with van der Waals surface area (Å²) in [6.45, 7) is 0. The lowest BCUT2D eigenvalue weighted by Crippen LogP contribution is -2.48. The molecule has 0 radical (unpaired) electrons. The predicted molar refractivity (Wildman–Crippen MR) is 117 cm³/mol. The molecule has 0 aliphatic heterocycles. The summed E-state index contributed by atoms with van der Waals surface area (Å²) in [5.41, 5.74) is 2.17. The number of benzene rings is 3. The van der Waals surface area contributed by atoms with Gasteiger partial charge in [0.1, 0.15) is 6.04 Å². The fourth-order valence-corrected chi connectivity index (χ4v) is 3.26. The van der Waals surface area contributed by atoms with Crippen LogP contribution in [-0.2, 0) is 9.59 Å². The Morgan fingerprint density at radius 2 is 1.19 bits per heavy atom. The molecule has 0 spiro atoms. The highest BCUT2D eigenvalue weighted by Gasteiger charge is 2.26. The van der Waals surface area contributed by atoms with E-state index in [2.05, 4.69) is 10.6 Å². The summed E-state index contributed by atoms with van der Waals surface area (Å²) < 4.78 is 0. The number of carboxylic acids is 1. The van der Waals surface area contributed by atoms with Gasteiger partial charge in [0.2, 0.25) is 5.91 Å². The van der Waals surface area contributed by atoms with Crippen molar-refractivity contribution < 1.29 is 19.5 Å². The fraction of sp³-hybridized carbons (Fsp3) is 0.160. The number of carbonyl (C=O) groups excluding carboxylic acids is 2. The fourth-order valence-electron chi connectivity index (χ4n) is 3.26. The highest BCUT2D eigenvalue weighted by molar-refractivity contribution is 5.97. The van der Waals surface area contributed by atoms with Crippen LogP contribution in [0.2, 0.25) is 0 Å². The van der Waals surface area contributed by atoms with Gasteiger partial charge < -0.3 is 15.7 Å². The molecule has 0 saturated carbocycles. The zero-order valence-corrected chi connectivity index (χ0v) is 16.9. The van der Waals surface area contributed by atoms with Crippen LogP contribution in [0.4, 0.5) is 0 Å². The standard InChI is InChI=1S/C25H24N2O4/c28-22(29)17-16-21(26-24(30)20-14-8-3-9-15-20)25(31)27-23(18-10-4-1-5-11-18)19-12-6-2-7-13-19/h1-15,21,23H,16-17H2,(H,26,30)(H,27,31)(H,28,29). The summed E-state index contributed by atoms with van der Waals surface area (Å²) in [6.07, 6.45) is -0.259. The van der Waals surface area contributed by atoms with Crippen molar-refractivity contribution in [1.29, 1.82) is 0 Å². The zero-order valence-electron chi connectivity index (χ0n) is 16.9. The number of nitrogens with one attached hydrogen (secondary N) is 2. The van der Waals surface area contributed by atoms with Gasteiger partial charge in [-0.1, -0.05) is 78.9 Å². The third-order valence-electron chi connectivity index (χ3n) is 4.86. The molecule has 6 nitrogen and oxygen atoms in total. The summed E-state index contributed by atoms with van der Waals surface area (Å²) in [4.78, 5) is 36.9. The lowest BCUT2D eigenvalue weighted by atomic mass is 9.98. The average Bonchev–Trinajstić information content (AvgIpc) is 2.81. The van der Waals surface area contributed by atoms with Gasteiger partial charge in [0.05, 0.1) is 6.04 Å². The number of carbonyl (C=O) groups is 3. The average molecular weight is 416 g/mol. The molecule has 0 bridgehead atoms. The molecule has 6 heteroatoms. The minimum atomic E-state index is -1.03. The Morgan fingerprint density at radius 3 is 1.68 bits per heavy atom. The van der Waals surface area contributed by atoms with Crippen molar-refractivity contribution in [2.45, 2.75) is 24.9 Å². The molecule has 2 amide bonds. The number of amides is 2. The summed E-state index contributed by atoms with van der Waals surface area (Å²) in [7, 11) is 0. The van der Waals surface area contributed by atoms with Crippen LogP contribution in [0.1, 0.15) is 40.4 Å². The van der Waals surface area contributed by atoms with E-state index in [-0.39, 0.29) is 12.8 Å². The maximum absolute atomic E-state index is 13.2. The first-order chi connectivity index (χ1) is 15.0. The van der Waals surface area contributed by atoms with Crippen LogP contribution in [0.5, 0.6) is 0 Å². The van der Waals surface area contributed by atoms with E-state index < -0.39 is 29.9 Å². The van der Waals surface area contributed by atoms with E-state index in [1.54, 1.807) is 30.3 Å². The van der Waals surface area contributed by atoms with Gasteiger partial charge in [0.25, 0.3) is 5.91 Å². The number of hydrogen-bond donors (Lipinski definition) is 3. The van der Waals surface area contributed by atoms with Gasteiger partial charge in [0, 0.05) is 12.0 Å². The highest BCUT2D eigenvalue weighted by atomic mass is 16.4. The van der Waals surface area contributed by atoms with E-state index >= 15 is 0 Å². The van der Waals surface area contributed by atoms with Gasteiger partial charge in [-0.3, -0.25) is 14.4 Å². The van der Waals surface area contributed by atoms with Gasteiger partial charge in [-0.05, 0) is 29.7 Å². The maximum Gasteiger partial charge on any atom is 0.303 e. The molecule has 1 atom stereocenters. The van der Waals surface area contributed by atoms with E-state index in [0.717, 1.165) is 11.1 Å². The quantitative estimate of drug-likeness (QED) is 0.497. The normalized spacial score (nSPS) is 11.5. The Hall–Kier alpha value is -3.93. The molecule has 0 aliphatic carbocycles. The molecule has 158 valence electrons. The Labute approximate surface area is 180 Å². The topological polar surface area (TPSA) is 95.5 Å². The predicted octanol–water partition coefficient (Wildman–Crippen LogP) is 3.56. The minimum Gasteiger partial charge on any atom is -0.481 e. The summed E-state index contributed by atoms with van der Waals surface area (Å²) >= 11 is 0. The van der Waals surface area contributed by atoms with E-state index in [1.165, 1.54) is 0 Å². The second kappa shape index (κ2) is 10.7. The third-order valence-corrected chi connectivity index (χ3v) is 4.86. The third kappa shape index (κ3) is 6.27. The Kier molecular flexibility index (Phi) is 7.54. The molecule has 31 heavy (non-hydrogen) atoms. The lowest BCUT2D eigenvalue weighted by molar-refractivity contribution is -0.137. The Bertz CT molecular complexity index is 968. The van der Waals surface area contributed by atoms with Crippen LogP contribution in [0.3, 0.4) is 0 Å². The first-order valence-corrected chi connectivity index (χ1v) is 10.0. The molecule has 3 rings (SSSR count). The van der Waals surface area contributed by atoms with Gasteiger partial charge in [-0.2, -0.15) is 0 Å². The SMILES string of the molecule is O=C(O)CCC(NC(=O)c1ccccc1)C(=O)NC(c1ccccc1)c1ccccc1. The van der Waals surface area contributed by atoms with Crippen molar-refractivity contribution in [2.75, 3.05) is 0 Å². The van der Waals surface area contributed by atoms with Gasteiger partial charge in [-0.25, -0.2) is 0 Å². The minimum absolute atomic E-state index is 0.0178. The van der Waals surface area contributed by atoms with E-state index in [1.807, 2.05) is 60.7 Å². The molecule has 0 aliphatic rings. The van der Waals surface area contributed by atoms with E-state index in [4.69, 9.17) is 5.11 Å². The molecular weight excluding hydrogens is 392 g/mol. The molecule has 3 aromatic rings. The number of rotatable bonds is 9. The van der Waals surface area contributed by atoms with Crippen molar-refractivity contribution >= 4 is 17.8 Å². The molecular formula is C25H24N2O4. The number of hydrogen-bond acceptors (Lipinski definition) is 3. The second-order valence-corrected chi connectivity index (χ2v) is 7.09. The van der Waals surface area contributed by atoms with Crippen LogP contribution in [0, 0.1) is 0 Å². The monoisotopic (exact) mass is 416 g/mol. The Balaban J connectivity index is 1.82. The van der Waals surface area contributed by atoms with E-state index in [9.17, 15) is 14.4 Å². The van der Waals surface area contributed by atoms with E-state index in [0.29, 0.717) is 5.56 Å². The van der Waals surface area contributed by atoms with Crippen LogP contribution in [0.15, 0.2) is 91.0 Å². The molecule has 1 unspecified atom stereocenters. The molecule has 3 N–H and O–H groups in total. The van der Waals surface area contributed by atoms with Gasteiger partial charge >= 0.3 is 5.97 Å². The van der Waals surface area contributed by atoms with Crippen molar-refractivity contribution in [2.24, 2.45) is 0 Å². The van der Waals surface area contributed by atoms with Crippen molar-refractivity contribution in [3.63, 3.8) is 0 Å². The molecule has 0 saturated heterocycles. The van der Waals surface area contributed by atoms with Crippen LogP contribution in [-0.4, -0.2) is 28.9 Å². The smallest absolute Gasteiger partial charge is 0.303 e. The molecule has 0 fully saturated rings. The summed E-state index contributed by atoms with van der Waals surface area (Å²) in [5, 5.41) is 14.8. The second-order valence-electron chi connectivity index (χ2n) is 7.09. The number of carboxylic acid groups (broad SMARTS) is 1. The van der Waals surface area contributed by atoms with Crippen molar-refractivity contribution in [3.8, 4) is 0 Å². The van der Waals surface area contributed by atoms with Crippen LogP contribution >= 0.6 is 0 Å². The van der Waals surface area contributed by atoms with Crippen molar-refractivity contribution in [3.05, 3.63) is 108 Å². The summed E-state index contributed by atoms with van der Waals surface area (Å²) in [6, 6.07) is 26.1. The van der Waals surface area contributed by atoms with Crippen molar-refractivity contribution in [1.82, 2.24) is 10.6 Å². The first-order valence-electron chi connectivity index (χ1n) is 10.0. The molecule has 3 aromatic carbocycles. The Morgan fingerprint density at radius 1 is 0.710 bits per heavy atom. The molecule has 0 heterocycles. The largest absolute Gasteiger partial charge is 0.481 e.